The first kappa shape index (κ1) is 17.5. The number of nitrogens with zero attached hydrogens (tertiary/aromatic N) is 3. The first-order valence-electron chi connectivity index (χ1n) is 8.85. The molecule has 0 radical (unpaired) electrons. The number of rotatable bonds is 8. The Kier molecular flexibility index (Phi) is 8.60. The maximum atomic E-state index is 5.36. The molecule has 2 saturated heterocycles. The predicted octanol–water partition coefficient (Wildman–Crippen LogP) is 0.360. The summed E-state index contributed by atoms with van der Waals surface area (Å²) in [4.78, 5) is 9.30. The molecule has 0 aromatic heterocycles. The SMILES string of the molecule is CN=C(NCCCCN1CCCC1)NCCN1CCOCC1. The van der Waals surface area contributed by atoms with Gasteiger partial charge >= 0.3 is 0 Å². The minimum atomic E-state index is 0.865. The monoisotopic (exact) mass is 311 g/mol. The Hall–Kier alpha value is -0.850. The molecule has 6 heteroatoms. The fourth-order valence-corrected chi connectivity index (χ4v) is 3.05. The third-order valence-corrected chi connectivity index (χ3v) is 4.44. The predicted molar refractivity (Wildman–Crippen MR) is 91.5 cm³/mol. The van der Waals surface area contributed by atoms with Crippen LogP contribution in [0.2, 0.25) is 0 Å². The number of hydrogen-bond acceptors (Lipinski definition) is 4. The Morgan fingerprint density at radius 1 is 0.909 bits per heavy atom. The molecule has 0 unspecified atom stereocenters. The Labute approximate surface area is 135 Å². The summed E-state index contributed by atoms with van der Waals surface area (Å²) in [7, 11) is 1.84. The number of morpholine rings is 1. The van der Waals surface area contributed by atoms with Crippen LogP contribution in [-0.4, -0.2) is 88.4 Å². The standard InChI is InChI=1S/C16H33N5O/c1-17-16(19-7-11-21-12-14-22-15-13-21)18-6-2-3-8-20-9-4-5-10-20/h2-15H2,1H3,(H2,17,18,19). The largest absolute Gasteiger partial charge is 0.379 e. The average Bonchev–Trinajstić information content (AvgIpc) is 3.07. The number of unbranched alkanes of at least 4 members (excludes halogenated alkanes) is 1. The minimum Gasteiger partial charge on any atom is -0.379 e. The molecule has 0 aliphatic carbocycles. The van der Waals surface area contributed by atoms with E-state index in [0.717, 1.165) is 51.9 Å². The highest BCUT2D eigenvalue weighted by Gasteiger charge is 2.11. The van der Waals surface area contributed by atoms with Crippen molar-refractivity contribution in [2.24, 2.45) is 4.99 Å². The van der Waals surface area contributed by atoms with Crippen molar-refractivity contribution in [1.82, 2.24) is 20.4 Å². The van der Waals surface area contributed by atoms with E-state index in [2.05, 4.69) is 25.4 Å². The van der Waals surface area contributed by atoms with E-state index in [9.17, 15) is 0 Å². The van der Waals surface area contributed by atoms with Gasteiger partial charge in [-0.2, -0.15) is 0 Å². The molecular formula is C16H33N5O. The quantitative estimate of drug-likeness (QED) is 0.385. The number of guanidine groups is 1. The Morgan fingerprint density at radius 3 is 2.32 bits per heavy atom. The highest BCUT2D eigenvalue weighted by Crippen LogP contribution is 2.07. The Morgan fingerprint density at radius 2 is 1.59 bits per heavy atom. The van der Waals surface area contributed by atoms with E-state index in [1.54, 1.807) is 0 Å². The highest BCUT2D eigenvalue weighted by molar-refractivity contribution is 5.79. The van der Waals surface area contributed by atoms with Gasteiger partial charge in [-0.25, -0.2) is 0 Å². The number of aliphatic imine (C=N–C) groups is 1. The van der Waals surface area contributed by atoms with Gasteiger partial charge in [0.1, 0.15) is 0 Å². The molecule has 2 heterocycles. The molecule has 0 aromatic rings. The Balaban J connectivity index is 1.45. The van der Waals surface area contributed by atoms with E-state index >= 15 is 0 Å². The van der Waals surface area contributed by atoms with Gasteiger partial charge in [-0.1, -0.05) is 0 Å². The zero-order chi connectivity index (χ0) is 15.5. The van der Waals surface area contributed by atoms with Crippen LogP contribution < -0.4 is 10.6 Å². The van der Waals surface area contributed by atoms with Crippen molar-refractivity contribution in [2.75, 3.05) is 72.6 Å². The third-order valence-electron chi connectivity index (χ3n) is 4.44. The smallest absolute Gasteiger partial charge is 0.191 e. The number of nitrogens with one attached hydrogen (secondary N) is 2. The summed E-state index contributed by atoms with van der Waals surface area (Å²) in [5.74, 6) is 0.925. The second kappa shape index (κ2) is 10.8. The fraction of sp³-hybridized carbons (Fsp3) is 0.938. The molecular weight excluding hydrogens is 278 g/mol. The van der Waals surface area contributed by atoms with Crippen molar-refractivity contribution >= 4 is 5.96 Å². The van der Waals surface area contributed by atoms with Crippen LogP contribution >= 0.6 is 0 Å². The molecule has 0 bridgehead atoms. The molecule has 0 atom stereocenters. The van der Waals surface area contributed by atoms with Gasteiger partial charge < -0.3 is 20.3 Å². The van der Waals surface area contributed by atoms with Crippen LogP contribution in [0.1, 0.15) is 25.7 Å². The van der Waals surface area contributed by atoms with Crippen molar-refractivity contribution in [1.29, 1.82) is 0 Å². The zero-order valence-corrected chi connectivity index (χ0v) is 14.1. The second-order valence-corrected chi connectivity index (χ2v) is 6.14. The lowest BCUT2D eigenvalue weighted by Crippen LogP contribution is -2.44. The molecule has 2 aliphatic rings. The van der Waals surface area contributed by atoms with E-state index in [1.165, 1.54) is 45.3 Å². The van der Waals surface area contributed by atoms with Crippen LogP contribution in [-0.2, 0) is 4.74 Å². The van der Waals surface area contributed by atoms with Crippen LogP contribution in [0.15, 0.2) is 4.99 Å². The van der Waals surface area contributed by atoms with Crippen LogP contribution in [0, 0.1) is 0 Å². The molecule has 0 aromatic carbocycles. The van der Waals surface area contributed by atoms with E-state index in [1.807, 2.05) is 7.05 Å². The molecule has 128 valence electrons. The molecule has 0 amide bonds. The molecule has 2 N–H and O–H groups in total. The van der Waals surface area contributed by atoms with Crippen molar-refractivity contribution in [2.45, 2.75) is 25.7 Å². The van der Waals surface area contributed by atoms with Crippen molar-refractivity contribution < 1.29 is 4.74 Å². The van der Waals surface area contributed by atoms with Crippen LogP contribution in [0.4, 0.5) is 0 Å². The van der Waals surface area contributed by atoms with Gasteiger partial charge in [0, 0.05) is 39.8 Å². The van der Waals surface area contributed by atoms with Crippen molar-refractivity contribution in [3.8, 4) is 0 Å². The zero-order valence-electron chi connectivity index (χ0n) is 14.1. The van der Waals surface area contributed by atoms with E-state index in [-0.39, 0.29) is 0 Å². The Bertz CT molecular complexity index is 312. The average molecular weight is 311 g/mol. The summed E-state index contributed by atoms with van der Waals surface area (Å²) in [5, 5.41) is 6.80. The van der Waals surface area contributed by atoms with E-state index < -0.39 is 0 Å². The lowest BCUT2D eigenvalue weighted by molar-refractivity contribution is 0.0389. The summed E-state index contributed by atoms with van der Waals surface area (Å²) in [6.07, 6.45) is 5.26. The summed E-state index contributed by atoms with van der Waals surface area (Å²) >= 11 is 0. The van der Waals surface area contributed by atoms with Crippen LogP contribution in [0.3, 0.4) is 0 Å². The highest BCUT2D eigenvalue weighted by atomic mass is 16.5. The first-order chi connectivity index (χ1) is 10.9. The van der Waals surface area contributed by atoms with Gasteiger partial charge in [0.2, 0.25) is 0 Å². The summed E-state index contributed by atoms with van der Waals surface area (Å²) < 4.78 is 5.36. The topological polar surface area (TPSA) is 52.1 Å². The summed E-state index contributed by atoms with van der Waals surface area (Å²) in [6.45, 7) is 10.7. The number of hydrogen-bond donors (Lipinski definition) is 2. The van der Waals surface area contributed by atoms with Gasteiger partial charge in [0.15, 0.2) is 5.96 Å². The van der Waals surface area contributed by atoms with E-state index in [4.69, 9.17) is 4.74 Å². The summed E-state index contributed by atoms with van der Waals surface area (Å²) in [6, 6.07) is 0. The normalized spacial score (nSPS) is 21.2. The van der Waals surface area contributed by atoms with Crippen LogP contribution in [0.25, 0.3) is 0 Å². The first-order valence-corrected chi connectivity index (χ1v) is 8.85. The molecule has 6 nitrogen and oxygen atoms in total. The van der Waals surface area contributed by atoms with Gasteiger partial charge in [-0.05, 0) is 45.3 Å². The number of ether oxygens (including phenoxy) is 1. The van der Waals surface area contributed by atoms with Crippen molar-refractivity contribution in [3.05, 3.63) is 0 Å². The number of likely N-dealkylation sites (tertiary alicyclic amines) is 1. The van der Waals surface area contributed by atoms with Gasteiger partial charge in [0.25, 0.3) is 0 Å². The lowest BCUT2D eigenvalue weighted by atomic mass is 10.3. The summed E-state index contributed by atoms with van der Waals surface area (Å²) in [5.41, 5.74) is 0. The lowest BCUT2D eigenvalue weighted by Gasteiger charge is -2.26. The van der Waals surface area contributed by atoms with Gasteiger partial charge in [-0.15, -0.1) is 0 Å². The molecule has 2 rings (SSSR count). The minimum absolute atomic E-state index is 0.865. The second-order valence-electron chi connectivity index (χ2n) is 6.14. The maximum Gasteiger partial charge on any atom is 0.191 e. The van der Waals surface area contributed by atoms with E-state index in [0.29, 0.717) is 0 Å². The molecule has 22 heavy (non-hydrogen) atoms. The molecule has 2 aliphatic heterocycles. The van der Waals surface area contributed by atoms with Gasteiger partial charge in [-0.3, -0.25) is 9.89 Å². The van der Waals surface area contributed by atoms with Crippen LogP contribution in [0.5, 0.6) is 0 Å². The fourth-order valence-electron chi connectivity index (χ4n) is 3.05. The van der Waals surface area contributed by atoms with Crippen molar-refractivity contribution in [3.63, 3.8) is 0 Å². The maximum absolute atomic E-state index is 5.36. The third kappa shape index (κ3) is 6.94. The molecule has 0 spiro atoms. The molecule has 2 fully saturated rings. The molecule has 0 saturated carbocycles. The van der Waals surface area contributed by atoms with Gasteiger partial charge in [0.05, 0.1) is 13.2 Å².